The van der Waals surface area contributed by atoms with E-state index in [2.05, 4.69) is 14.9 Å². The molecule has 1 aromatic heterocycles. The Labute approximate surface area is 94.2 Å². The Morgan fingerprint density at radius 3 is 2.80 bits per heavy atom. The third kappa shape index (κ3) is 3.84. The molecule has 6 nitrogen and oxygen atoms in total. The second kappa shape index (κ2) is 5.66. The SMILES string of the molecule is CCOC(=O)C(=O)CSc1nnc(N)s1. The third-order valence-corrected chi connectivity index (χ3v) is 3.14. The maximum Gasteiger partial charge on any atom is 0.375 e. The molecule has 15 heavy (non-hydrogen) atoms. The van der Waals surface area contributed by atoms with Crippen LogP contribution in [0, 0.1) is 0 Å². The minimum atomic E-state index is -0.817. The van der Waals surface area contributed by atoms with Crippen molar-refractivity contribution in [2.24, 2.45) is 0 Å². The molecule has 0 aliphatic heterocycles. The van der Waals surface area contributed by atoms with E-state index >= 15 is 0 Å². The molecule has 0 aliphatic carbocycles. The Bertz CT molecular complexity index is 366. The van der Waals surface area contributed by atoms with Crippen LogP contribution in [0.25, 0.3) is 0 Å². The zero-order chi connectivity index (χ0) is 11.3. The lowest BCUT2D eigenvalue weighted by atomic mass is 10.5. The van der Waals surface area contributed by atoms with E-state index in [-0.39, 0.29) is 12.4 Å². The molecule has 0 spiro atoms. The second-order valence-electron chi connectivity index (χ2n) is 2.34. The predicted octanol–water partition coefficient (Wildman–Crippen LogP) is 0.345. The number of nitrogens with two attached hydrogens (primary N) is 1. The van der Waals surface area contributed by atoms with Crippen LogP contribution < -0.4 is 5.73 Å². The Morgan fingerprint density at radius 2 is 2.27 bits per heavy atom. The van der Waals surface area contributed by atoms with Gasteiger partial charge >= 0.3 is 5.97 Å². The fourth-order valence-corrected chi connectivity index (χ4v) is 2.16. The lowest BCUT2D eigenvalue weighted by Gasteiger charge is -1.98. The van der Waals surface area contributed by atoms with E-state index < -0.39 is 11.8 Å². The van der Waals surface area contributed by atoms with Crippen LogP contribution in [0.1, 0.15) is 6.92 Å². The fourth-order valence-electron chi connectivity index (χ4n) is 0.677. The minimum absolute atomic E-state index is 0.00648. The van der Waals surface area contributed by atoms with E-state index in [9.17, 15) is 9.59 Å². The van der Waals surface area contributed by atoms with Crippen molar-refractivity contribution in [2.45, 2.75) is 11.3 Å². The highest BCUT2D eigenvalue weighted by atomic mass is 32.2. The fraction of sp³-hybridized carbons (Fsp3) is 0.429. The highest BCUT2D eigenvalue weighted by Gasteiger charge is 2.15. The van der Waals surface area contributed by atoms with E-state index in [0.29, 0.717) is 9.47 Å². The predicted molar refractivity (Wildman–Crippen MR) is 56.7 cm³/mol. The van der Waals surface area contributed by atoms with Crippen LogP contribution in [0.3, 0.4) is 0 Å². The number of ether oxygens (including phenoxy) is 1. The molecule has 1 rings (SSSR count). The van der Waals surface area contributed by atoms with E-state index in [1.807, 2.05) is 0 Å². The average molecular weight is 247 g/mol. The molecule has 0 atom stereocenters. The van der Waals surface area contributed by atoms with Crippen molar-refractivity contribution in [1.82, 2.24) is 10.2 Å². The van der Waals surface area contributed by atoms with Crippen molar-refractivity contribution in [2.75, 3.05) is 18.1 Å². The smallest absolute Gasteiger partial charge is 0.375 e. The number of aromatic nitrogens is 2. The normalized spacial score (nSPS) is 9.93. The first-order chi connectivity index (χ1) is 7.13. The van der Waals surface area contributed by atoms with Crippen molar-refractivity contribution >= 4 is 40.0 Å². The zero-order valence-electron chi connectivity index (χ0n) is 7.93. The molecule has 2 N–H and O–H groups in total. The number of rotatable bonds is 5. The van der Waals surface area contributed by atoms with Crippen molar-refractivity contribution in [1.29, 1.82) is 0 Å². The standard InChI is InChI=1S/C7H9N3O3S2/c1-2-13-5(12)4(11)3-14-7-10-9-6(8)15-7/h2-3H2,1H3,(H2,8,9). The first-order valence-electron chi connectivity index (χ1n) is 4.05. The summed E-state index contributed by atoms with van der Waals surface area (Å²) in [5.41, 5.74) is 5.35. The van der Waals surface area contributed by atoms with Crippen LogP contribution in [-0.4, -0.2) is 34.3 Å². The number of Topliss-reactive ketones (excluding diaryl/α,β-unsaturated/α-hetero) is 1. The van der Waals surface area contributed by atoms with Gasteiger partial charge in [-0.25, -0.2) is 4.79 Å². The number of thioether (sulfide) groups is 1. The maximum absolute atomic E-state index is 11.1. The molecular formula is C7H9N3O3S2. The molecule has 0 saturated heterocycles. The summed E-state index contributed by atoms with van der Waals surface area (Å²) in [5, 5.41) is 7.60. The number of carbonyl (C=O) groups excluding carboxylic acids is 2. The molecule has 0 unspecified atom stereocenters. The number of esters is 1. The molecule has 0 aromatic carbocycles. The van der Waals surface area contributed by atoms with E-state index in [1.54, 1.807) is 6.92 Å². The summed E-state index contributed by atoms with van der Waals surface area (Å²) in [6, 6.07) is 0. The van der Waals surface area contributed by atoms with Gasteiger partial charge in [-0.2, -0.15) is 0 Å². The van der Waals surface area contributed by atoms with Crippen LogP contribution in [0.15, 0.2) is 4.34 Å². The monoisotopic (exact) mass is 247 g/mol. The molecule has 0 bridgehead atoms. The summed E-state index contributed by atoms with van der Waals surface area (Å²) in [5.74, 6) is -1.41. The van der Waals surface area contributed by atoms with E-state index in [4.69, 9.17) is 5.73 Å². The van der Waals surface area contributed by atoms with Crippen molar-refractivity contribution < 1.29 is 14.3 Å². The van der Waals surface area contributed by atoms with Gasteiger partial charge in [0.2, 0.25) is 10.9 Å². The van der Waals surface area contributed by atoms with Crippen LogP contribution >= 0.6 is 23.1 Å². The minimum Gasteiger partial charge on any atom is -0.460 e. The largest absolute Gasteiger partial charge is 0.460 e. The molecule has 0 amide bonds. The first kappa shape index (κ1) is 11.9. The van der Waals surface area contributed by atoms with Crippen molar-refractivity contribution in [3.05, 3.63) is 0 Å². The van der Waals surface area contributed by atoms with Gasteiger partial charge in [0.05, 0.1) is 12.4 Å². The van der Waals surface area contributed by atoms with Gasteiger partial charge in [0.1, 0.15) is 0 Å². The number of nitrogens with zero attached hydrogens (tertiary/aromatic N) is 2. The number of hydrogen-bond donors (Lipinski definition) is 1. The van der Waals surface area contributed by atoms with Gasteiger partial charge in [-0.1, -0.05) is 23.1 Å². The quantitative estimate of drug-likeness (QED) is 0.455. The molecular weight excluding hydrogens is 238 g/mol. The van der Waals surface area contributed by atoms with Gasteiger partial charge in [0.15, 0.2) is 4.34 Å². The van der Waals surface area contributed by atoms with Crippen LogP contribution in [0.2, 0.25) is 0 Å². The van der Waals surface area contributed by atoms with Gasteiger partial charge in [-0.15, -0.1) is 10.2 Å². The summed E-state index contributed by atoms with van der Waals surface area (Å²) in [6.07, 6.45) is 0. The van der Waals surface area contributed by atoms with Crippen LogP contribution in [-0.2, 0) is 14.3 Å². The molecule has 82 valence electrons. The Hall–Kier alpha value is -1.15. The molecule has 1 heterocycles. The lowest BCUT2D eigenvalue weighted by Crippen LogP contribution is -2.19. The zero-order valence-corrected chi connectivity index (χ0v) is 9.56. The molecule has 0 aliphatic rings. The number of hydrogen-bond acceptors (Lipinski definition) is 8. The first-order valence-corrected chi connectivity index (χ1v) is 5.85. The summed E-state index contributed by atoms with van der Waals surface area (Å²) in [4.78, 5) is 22.1. The molecule has 0 fully saturated rings. The average Bonchev–Trinajstić information content (AvgIpc) is 2.61. The number of nitrogen functional groups attached to an aromatic ring is 1. The van der Waals surface area contributed by atoms with Gasteiger partial charge in [-0.05, 0) is 6.92 Å². The van der Waals surface area contributed by atoms with Gasteiger partial charge < -0.3 is 10.5 Å². The Morgan fingerprint density at radius 1 is 1.53 bits per heavy atom. The van der Waals surface area contributed by atoms with Crippen molar-refractivity contribution in [3.63, 3.8) is 0 Å². The summed E-state index contributed by atoms with van der Waals surface area (Å²) >= 11 is 2.29. The maximum atomic E-state index is 11.1. The molecule has 1 aromatic rings. The van der Waals surface area contributed by atoms with Crippen LogP contribution in [0.5, 0.6) is 0 Å². The second-order valence-corrected chi connectivity index (χ2v) is 4.57. The summed E-state index contributed by atoms with van der Waals surface area (Å²) < 4.78 is 5.10. The Kier molecular flexibility index (Phi) is 4.50. The summed E-state index contributed by atoms with van der Waals surface area (Å²) in [7, 11) is 0. The van der Waals surface area contributed by atoms with Crippen LogP contribution in [0.4, 0.5) is 5.13 Å². The molecule has 0 saturated carbocycles. The van der Waals surface area contributed by atoms with E-state index in [1.165, 1.54) is 11.3 Å². The van der Waals surface area contributed by atoms with Gasteiger partial charge in [0.25, 0.3) is 0 Å². The number of carbonyl (C=O) groups is 2. The lowest BCUT2D eigenvalue weighted by molar-refractivity contribution is -0.152. The highest BCUT2D eigenvalue weighted by Crippen LogP contribution is 2.23. The summed E-state index contributed by atoms with van der Waals surface area (Å²) in [6.45, 7) is 1.84. The molecule has 0 radical (unpaired) electrons. The number of ketones is 1. The van der Waals surface area contributed by atoms with Gasteiger partial charge in [0, 0.05) is 0 Å². The van der Waals surface area contributed by atoms with E-state index in [0.717, 1.165) is 11.8 Å². The van der Waals surface area contributed by atoms with Gasteiger partial charge in [-0.3, -0.25) is 4.79 Å². The molecule has 8 heteroatoms. The number of anilines is 1. The Balaban J connectivity index is 2.37. The topological polar surface area (TPSA) is 95.2 Å². The van der Waals surface area contributed by atoms with Crippen molar-refractivity contribution in [3.8, 4) is 0 Å². The highest BCUT2D eigenvalue weighted by molar-refractivity contribution is 8.01. The third-order valence-electron chi connectivity index (χ3n) is 1.25.